The molecule has 188 valence electrons. The van der Waals surface area contributed by atoms with Gasteiger partial charge in [-0.3, -0.25) is 4.79 Å². The number of ether oxygens (including phenoxy) is 2. The van der Waals surface area contributed by atoms with Crippen LogP contribution in [0, 0.1) is 17.8 Å². The molecule has 5 rings (SSSR count). The zero-order valence-corrected chi connectivity index (χ0v) is 20.7. The molecule has 3 fully saturated rings. The Kier molecular flexibility index (Phi) is 6.06. The van der Waals surface area contributed by atoms with Crippen molar-refractivity contribution in [3.63, 3.8) is 0 Å². The van der Waals surface area contributed by atoms with Gasteiger partial charge >= 0.3 is 12.1 Å². The Hall–Kier alpha value is -3.30. The second-order valence-corrected chi connectivity index (χ2v) is 10.6. The third kappa shape index (κ3) is 5.06. The van der Waals surface area contributed by atoms with E-state index in [4.69, 9.17) is 14.0 Å². The van der Waals surface area contributed by atoms with E-state index in [1.54, 1.807) is 12.0 Å². The van der Waals surface area contributed by atoms with Crippen LogP contribution in [-0.4, -0.2) is 72.0 Å². The highest BCUT2D eigenvalue weighted by molar-refractivity contribution is 5.80. The average molecular weight is 484 g/mol. The molecule has 10 heteroatoms. The number of amides is 2. The largest absolute Gasteiger partial charge is 0.497 e. The van der Waals surface area contributed by atoms with E-state index in [1.807, 2.05) is 49.9 Å². The Bertz CT molecular complexity index is 1060. The summed E-state index contributed by atoms with van der Waals surface area (Å²) >= 11 is 0. The van der Waals surface area contributed by atoms with Gasteiger partial charge in [-0.25, -0.2) is 4.79 Å². The molecule has 1 saturated carbocycles. The van der Waals surface area contributed by atoms with E-state index in [-0.39, 0.29) is 24.0 Å². The molecule has 35 heavy (non-hydrogen) atoms. The van der Waals surface area contributed by atoms with Crippen molar-refractivity contribution < 1.29 is 23.6 Å². The average Bonchev–Trinajstić information content (AvgIpc) is 3.21. The Morgan fingerprint density at radius 2 is 1.74 bits per heavy atom. The number of carbonyl (C=O) groups excluding carboxylic acids is 2. The maximum Gasteiger partial charge on any atom is 0.410 e. The highest BCUT2D eigenvalue weighted by Gasteiger charge is 2.58. The fourth-order valence-corrected chi connectivity index (χ4v) is 5.03. The number of carbonyl (C=O) groups is 2. The Balaban J connectivity index is 1.07. The van der Waals surface area contributed by atoms with Gasteiger partial charge in [0.1, 0.15) is 11.4 Å². The summed E-state index contributed by atoms with van der Waals surface area (Å²) in [5.74, 6) is 2.05. The summed E-state index contributed by atoms with van der Waals surface area (Å²) < 4.78 is 16.1. The molecule has 2 saturated heterocycles. The fourth-order valence-electron chi connectivity index (χ4n) is 5.03. The van der Waals surface area contributed by atoms with Crippen molar-refractivity contribution in [1.29, 1.82) is 0 Å². The van der Waals surface area contributed by atoms with Crippen LogP contribution in [0.4, 0.5) is 10.8 Å². The van der Waals surface area contributed by atoms with Crippen LogP contribution >= 0.6 is 0 Å². The Morgan fingerprint density at radius 3 is 2.34 bits per heavy atom. The number of fused-ring (bicyclic) bond motifs is 1. The highest BCUT2D eigenvalue weighted by atomic mass is 16.6. The van der Waals surface area contributed by atoms with Gasteiger partial charge in [0.25, 0.3) is 0 Å². The van der Waals surface area contributed by atoms with Crippen LogP contribution in [0.25, 0.3) is 11.4 Å². The number of rotatable bonds is 5. The maximum atomic E-state index is 12.9. The van der Waals surface area contributed by atoms with Gasteiger partial charge in [0, 0.05) is 55.5 Å². The minimum atomic E-state index is -0.495. The molecule has 1 unspecified atom stereocenters. The quantitative estimate of drug-likeness (QED) is 0.691. The first kappa shape index (κ1) is 23.4. The second kappa shape index (κ2) is 9.05. The van der Waals surface area contributed by atoms with Gasteiger partial charge in [-0.1, -0.05) is 5.16 Å². The fraction of sp³-hybridized carbons (Fsp3) is 0.600. The summed E-state index contributed by atoms with van der Waals surface area (Å²) in [5.41, 5.74) is 0.362. The SMILES string of the molecule is COc1ccc(-c2noc(N3CCC(C(=O)NC4[C@H]5CN(C(=O)OC(C)(C)C)C[C@@H]45)CC3)n2)cc1. The number of nitrogens with zero attached hydrogens (tertiary/aromatic N) is 4. The molecule has 1 N–H and O–H groups in total. The maximum absolute atomic E-state index is 12.9. The normalized spacial score (nSPS) is 24.2. The number of likely N-dealkylation sites (tertiary alicyclic amines) is 1. The molecule has 3 atom stereocenters. The van der Waals surface area contributed by atoms with Crippen molar-refractivity contribution in [3.05, 3.63) is 24.3 Å². The molecule has 3 aliphatic rings. The van der Waals surface area contributed by atoms with E-state index in [2.05, 4.69) is 15.5 Å². The Morgan fingerprint density at radius 1 is 1.09 bits per heavy atom. The number of anilines is 1. The summed E-state index contributed by atoms with van der Waals surface area (Å²) in [6, 6.07) is 8.15. The van der Waals surface area contributed by atoms with Crippen molar-refractivity contribution in [2.45, 2.75) is 45.3 Å². The first-order chi connectivity index (χ1) is 16.7. The lowest BCUT2D eigenvalue weighted by molar-refractivity contribution is -0.125. The van der Waals surface area contributed by atoms with Crippen LogP contribution in [-0.2, 0) is 9.53 Å². The minimum Gasteiger partial charge on any atom is -0.497 e. The van der Waals surface area contributed by atoms with Crippen molar-refractivity contribution in [1.82, 2.24) is 20.4 Å². The van der Waals surface area contributed by atoms with Crippen LogP contribution in [0.15, 0.2) is 28.8 Å². The first-order valence-corrected chi connectivity index (χ1v) is 12.2. The molecule has 1 aromatic carbocycles. The van der Waals surface area contributed by atoms with Gasteiger partial charge < -0.3 is 29.1 Å². The lowest BCUT2D eigenvalue weighted by Crippen LogP contribution is -2.44. The zero-order chi connectivity index (χ0) is 24.7. The number of methoxy groups -OCH3 is 1. The molecular weight excluding hydrogens is 450 g/mol. The number of aromatic nitrogens is 2. The van der Waals surface area contributed by atoms with Gasteiger partial charge in [-0.15, -0.1) is 0 Å². The second-order valence-electron chi connectivity index (χ2n) is 10.6. The number of hydrogen-bond donors (Lipinski definition) is 1. The molecule has 10 nitrogen and oxygen atoms in total. The molecule has 2 aliphatic heterocycles. The minimum absolute atomic E-state index is 0.0292. The molecule has 3 heterocycles. The molecular formula is C25H33N5O5. The molecule has 0 radical (unpaired) electrons. The monoisotopic (exact) mass is 483 g/mol. The van der Waals surface area contributed by atoms with Gasteiger partial charge in [-0.05, 0) is 57.9 Å². The number of benzene rings is 1. The predicted molar refractivity (Wildman–Crippen MR) is 128 cm³/mol. The van der Waals surface area contributed by atoms with Crippen LogP contribution in [0.2, 0.25) is 0 Å². The molecule has 1 aliphatic carbocycles. The molecule has 0 spiro atoms. The molecule has 2 aromatic rings. The topological polar surface area (TPSA) is 110 Å². The molecule has 2 amide bonds. The number of piperidine rings is 2. The van der Waals surface area contributed by atoms with Crippen LogP contribution in [0.5, 0.6) is 5.75 Å². The number of nitrogens with one attached hydrogen (secondary N) is 1. The van der Waals surface area contributed by atoms with E-state index in [0.717, 1.165) is 24.2 Å². The van der Waals surface area contributed by atoms with Crippen LogP contribution in [0.1, 0.15) is 33.6 Å². The summed E-state index contributed by atoms with van der Waals surface area (Å²) in [4.78, 5) is 33.4. The van der Waals surface area contributed by atoms with Gasteiger partial charge in [0.15, 0.2) is 0 Å². The zero-order valence-electron chi connectivity index (χ0n) is 20.7. The van der Waals surface area contributed by atoms with Gasteiger partial charge in [0.2, 0.25) is 11.7 Å². The lowest BCUT2D eigenvalue weighted by atomic mass is 9.96. The summed E-state index contributed by atoms with van der Waals surface area (Å²) in [6.45, 7) is 8.28. The van der Waals surface area contributed by atoms with Crippen LogP contribution in [0.3, 0.4) is 0 Å². The summed E-state index contributed by atoms with van der Waals surface area (Å²) in [7, 11) is 1.63. The van der Waals surface area contributed by atoms with Crippen LogP contribution < -0.4 is 15.0 Å². The van der Waals surface area contributed by atoms with E-state index in [0.29, 0.717) is 49.9 Å². The van der Waals surface area contributed by atoms with Crippen molar-refractivity contribution in [3.8, 4) is 17.1 Å². The third-order valence-corrected chi connectivity index (χ3v) is 7.05. The standard InChI is InChI=1S/C25H33N5O5/c1-25(2,3)34-24(32)30-13-18-19(14-30)20(18)26-22(31)16-9-11-29(12-10-16)23-27-21(28-35-23)15-5-7-17(33-4)8-6-15/h5-8,16,18-20H,9-14H2,1-4H3,(H,26,31)/t18-,19+,20?. The Labute approximate surface area is 204 Å². The van der Waals surface area contributed by atoms with E-state index >= 15 is 0 Å². The summed E-state index contributed by atoms with van der Waals surface area (Å²) in [6.07, 6.45) is 1.20. The summed E-state index contributed by atoms with van der Waals surface area (Å²) in [5, 5.41) is 7.33. The van der Waals surface area contributed by atoms with Gasteiger partial charge in [-0.2, -0.15) is 4.98 Å². The molecule has 1 aromatic heterocycles. The first-order valence-electron chi connectivity index (χ1n) is 12.2. The van der Waals surface area contributed by atoms with Crippen molar-refractivity contribution >= 4 is 18.0 Å². The highest BCUT2D eigenvalue weighted by Crippen LogP contribution is 2.46. The van der Waals surface area contributed by atoms with E-state index in [9.17, 15) is 9.59 Å². The predicted octanol–water partition coefficient (Wildman–Crippen LogP) is 2.94. The van der Waals surface area contributed by atoms with Crippen molar-refractivity contribution in [2.75, 3.05) is 38.2 Å². The molecule has 0 bridgehead atoms. The number of hydrogen-bond acceptors (Lipinski definition) is 8. The van der Waals surface area contributed by atoms with E-state index in [1.165, 1.54) is 0 Å². The van der Waals surface area contributed by atoms with Gasteiger partial charge in [0.05, 0.1) is 7.11 Å². The van der Waals surface area contributed by atoms with E-state index < -0.39 is 5.60 Å². The smallest absolute Gasteiger partial charge is 0.410 e. The third-order valence-electron chi connectivity index (χ3n) is 7.05. The lowest BCUT2D eigenvalue weighted by Gasteiger charge is -2.30. The van der Waals surface area contributed by atoms with Crippen molar-refractivity contribution in [2.24, 2.45) is 17.8 Å².